The van der Waals surface area contributed by atoms with Crippen molar-refractivity contribution in [2.45, 2.75) is 39.2 Å². The van der Waals surface area contributed by atoms with Crippen LogP contribution in [0.25, 0.3) is 0 Å². The normalized spacial score (nSPS) is 23.6. The number of carbonyl (C=O) groups is 2. The molecule has 9 nitrogen and oxygen atoms in total. The maximum absolute atomic E-state index is 13.7. The monoisotopic (exact) mass is 435 g/mol. The molecule has 2 aliphatic heterocycles. The number of nitro groups is 1. The van der Waals surface area contributed by atoms with Crippen molar-refractivity contribution < 1.29 is 14.5 Å². The number of ketones is 2. The van der Waals surface area contributed by atoms with Gasteiger partial charge in [0.15, 0.2) is 0 Å². The number of anilines is 2. The third kappa shape index (κ3) is 3.06. The Morgan fingerprint density at radius 2 is 1.75 bits per heavy atom. The summed E-state index contributed by atoms with van der Waals surface area (Å²) in [5.41, 5.74) is -0.0637. The Hall–Kier alpha value is -3.36. The lowest BCUT2D eigenvalue weighted by Gasteiger charge is -2.56. The average Bonchev–Trinajstić information content (AvgIpc) is 2.76. The molecule has 166 valence electrons. The van der Waals surface area contributed by atoms with E-state index in [2.05, 4.69) is 14.9 Å². The van der Waals surface area contributed by atoms with Crippen molar-refractivity contribution in [1.82, 2.24) is 9.97 Å². The number of nitro benzene ring substituents is 1. The van der Waals surface area contributed by atoms with E-state index in [0.29, 0.717) is 44.0 Å². The molecule has 1 aromatic heterocycles. The minimum Gasteiger partial charge on any atom is -0.363 e. The number of nitrogens with zero attached hydrogens (tertiary/aromatic N) is 5. The van der Waals surface area contributed by atoms with Crippen molar-refractivity contribution in [2.24, 2.45) is 10.8 Å². The van der Waals surface area contributed by atoms with Gasteiger partial charge in [0, 0.05) is 62.7 Å². The highest BCUT2D eigenvalue weighted by Gasteiger charge is 2.60. The minimum atomic E-state index is -1.22. The number of aromatic nitrogens is 2. The summed E-state index contributed by atoms with van der Waals surface area (Å²) in [6.45, 7) is 5.53. The van der Waals surface area contributed by atoms with Gasteiger partial charge in [0.05, 0.1) is 11.0 Å². The zero-order valence-electron chi connectivity index (χ0n) is 18.2. The molecule has 9 heteroatoms. The summed E-state index contributed by atoms with van der Waals surface area (Å²) in [4.78, 5) is 51.2. The molecule has 3 aliphatic rings. The number of non-ortho nitro benzene ring substituents is 1. The predicted molar refractivity (Wildman–Crippen MR) is 118 cm³/mol. The summed E-state index contributed by atoms with van der Waals surface area (Å²) in [5.74, 6) is 0.441. The molecule has 0 bridgehead atoms. The van der Waals surface area contributed by atoms with Gasteiger partial charge in [0.25, 0.3) is 5.69 Å². The molecular formula is C23H25N5O4. The van der Waals surface area contributed by atoms with Gasteiger partial charge in [-0.2, -0.15) is 0 Å². The van der Waals surface area contributed by atoms with Crippen LogP contribution in [0.1, 0.15) is 32.3 Å². The van der Waals surface area contributed by atoms with Crippen LogP contribution in [0.3, 0.4) is 0 Å². The van der Waals surface area contributed by atoms with Crippen molar-refractivity contribution in [3.8, 4) is 0 Å². The van der Waals surface area contributed by atoms with E-state index in [4.69, 9.17) is 0 Å². The van der Waals surface area contributed by atoms with Crippen molar-refractivity contribution in [3.05, 3.63) is 52.3 Å². The topological polar surface area (TPSA) is 110 Å². The Kier molecular flexibility index (Phi) is 4.54. The fourth-order valence-electron chi connectivity index (χ4n) is 5.63. The Bertz CT molecular complexity index is 1100. The second-order valence-corrected chi connectivity index (χ2v) is 9.79. The van der Waals surface area contributed by atoms with Gasteiger partial charge in [-0.05, 0) is 29.5 Å². The second-order valence-electron chi connectivity index (χ2n) is 9.79. The number of rotatable bonds is 2. The molecule has 0 radical (unpaired) electrons. The smallest absolute Gasteiger partial charge is 0.269 e. The van der Waals surface area contributed by atoms with E-state index in [0.717, 1.165) is 5.69 Å². The van der Waals surface area contributed by atoms with Gasteiger partial charge in [-0.15, -0.1) is 0 Å². The first kappa shape index (κ1) is 20.5. The van der Waals surface area contributed by atoms with Gasteiger partial charge in [-0.1, -0.05) is 13.8 Å². The van der Waals surface area contributed by atoms with Gasteiger partial charge < -0.3 is 9.80 Å². The molecule has 2 fully saturated rings. The van der Waals surface area contributed by atoms with E-state index < -0.39 is 10.3 Å². The number of hydrogen-bond donors (Lipinski definition) is 0. The average molecular weight is 435 g/mol. The van der Waals surface area contributed by atoms with Gasteiger partial charge in [0.1, 0.15) is 17.0 Å². The molecule has 1 aliphatic carbocycles. The highest BCUT2D eigenvalue weighted by molar-refractivity contribution is 6.11. The van der Waals surface area contributed by atoms with Crippen LogP contribution >= 0.6 is 0 Å². The molecule has 1 spiro atoms. The summed E-state index contributed by atoms with van der Waals surface area (Å²) in [6.07, 6.45) is 4.19. The van der Waals surface area contributed by atoms with Crippen molar-refractivity contribution in [2.75, 3.05) is 29.4 Å². The fraction of sp³-hybridized carbons (Fsp3) is 0.478. The molecular weight excluding hydrogens is 410 g/mol. The van der Waals surface area contributed by atoms with Gasteiger partial charge in [-0.25, -0.2) is 9.97 Å². The fourth-order valence-corrected chi connectivity index (χ4v) is 5.63. The first-order chi connectivity index (χ1) is 15.2. The minimum absolute atomic E-state index is 0.0234. The summed E-state index contributed by atoms with van der Waals surface area (Å²) in [5, 5.41) is 11.4. The quantitative estimate of drug-likeness (QED) is 0.402. The number of benzene rings is 1. The molecule has 32 heavy (non-hydrogen) atoms. The highest BCUT2D eigenvalue weighted by atomic mass is 16.6. The lowest BCUT2D eigenvalue weighted by Crippen LogP contribution is -2.69. The lowest BCUT2D eigenvalue weighted by molar-refractivity contribution is -0.384. The van der Waals surface area contributed by atoms with Crippen LogP contribution in [0, 0.1) is 20.9 Å². The third-order valence-corrected chi connectivity index (χ3v) is 7.11. The summed E-state index contributed by atoms with van der Waals surface area (Å²) < 4.78 is 0. The maximum Gasteiger partial charge on any atom is 0.269 e. The van der Waals surface area contributed by atoms with E-state index in [1.54, 1.807) is 24.5 Å². The van der Waals surface area contributed by atoms with Crippen LogP contribution < -0.4 is 9.80 Å². The maximum atomic E-state index is 13.7. The lowest BCUT2D eigenvalue weighted by atomic mass is 9.56. The number of carbonyl (C=O) groups excluding carboxylic acids is 2. The van der Waals surface area contributed by atoms with Crippen LogP contribution in [0.2, 0.25) is 0 Å². The van der Waals surface area contributed by atoms with E-state index in [9.17, 15) is 19.7 Å². The van der Waals surface area contributed by atoms with E-state index in [1.165, 1.54) is 12.1 Å². The molecule has 5 rings (SSSR count). The van der Waals surface area contributed by atoms with Gasteiger partial charge >= 0.3 is 0 Å². The molecule has 3 heterocycles. The number of hydrogen-bond acceptors (Lipinski definition) is 8. The predicted octanol–water partition coefficient (Wildman–Crippen LogP) is 2.58. The third-order valence-electron chi connectivity index (χ3n) is 7.11. The molecule has 1 saturated heterocycles. The van der Waals surface area contributed by atoms with Crippen molar-refractivity contribution in [3.63, 3.8) is 0 Å². The number of fused-ring (bicyclic) bond motifs is 4. The largest absolute Gasteiger partial charge is 0.363 e. The van der Waals surface area contributed by atoms with Crippen LogP contribution in [-0.2, 0) is 16.0 Å². The standard InChI is InChI=1S/C23H25N5O4/c1-22(2)12-19(29)23(20(30)13-22)11-15-10-16(28(31)32)4-5-17(15)27-9-8-26(14-18(23)27)21-24-6-3-7-25-21/h3-7,10,18H,8-9,11-14H2,1-2H3/t18-/m0/s1. The van der Waals surface area contributed by atoms with Gasteiger partial charge in [0.2, 0.25) is 5.95 Å². The first-order valence-electron chi connectivity index (χ1n) is 10.8. The zero-order valence-corrected chi connectivity index (χ0v) is 18.2. The van der Waals surface area contributed by atoms with E-state index >= 15 is 0 Å². The molecule has 1 atom stereocenters. The second kappa shape index (κ2) is 7.08. The van der Waals surface area contributed by atoms with E-state index in [1.807, 2.05) is 18.7 Å². The van der Waals surface area contributed by atoms with Crippen molar-refractivity contribution in [1.29, 1.82) is 0 Å². The zero-order chi connectivity index (χ0) is 22.7. The Morgan fingerprint density at radius 3 is 2.41 bits per heavy atom. The van der Waals surface area contributed by atoms with Crippen LogP contribution in [0.4, 0.5) is 17.3 Å². The Labute approximate surface area is 185 Å². The van der Waals surface area contributed by atoms with Crippen molar-refractivity contribution >= 4 is 28.9 Å². The molecule has 0 N–H and O–H groups in total. The summed E-state index contributed by atoms with van der Waals surface area (Å²) in [6, 6.07) is 6.16. The molecule has 1 aromatic carbocycles. The molecule has 0 amide bonds. The van der Waals surface area contributed by atoms with Crippen LogP contribution in [0.15, 0.2) is 36.7 Å². The highest BCUT2D eigenvalue weighted by Crippen LogP contribution is 2.51. The Morgan fingerprint density at radius 1 is 1.06 bits per heavy atom. The molecule has 0 unspecified atom stereocenters. The summed E-state index contributed by atoms with van der Waals surface area (Å²) >= 11 is 0. The van der Waals surface area contributed by atoms with Gasteiger partial charge in [-0.3, -0.25) is 19.7 Å². The number of piperazine rings is 1. The van der Waals surface area contributed by atoms with Crippen LogP contribution in [0.5, 0.6) is 0 Å². The first-order valence-corrected chi connectivity index (χ1v) is 10.8. The number of Topliss-reactive ketones (excluding diaryl/α,β-unsaturated/α-hetero) is 2. The van der Waals surface area contributed by atoms with E-state index in [-0.39, 0.29) is 35.1 Å². The summed E-state index contributed by atoms with van der Waals surface area (Å²) in [7, 11) is 0. The molecule has 2 aromatic rings. The molecule has 1 saturated carbocycles. The Balaban J connectivity index is 1.62. The van der Waals surface area contributed by atoms with Crippen LogP contribution in [-0.4, -0.2) is 52.1 Å². The SMILES string of the molecule is CC1(C)CC(=O)C2(Cc3cc([N+](=O)[O-])ccc3N3CCN(c4ncccn4)C[C@H]32)C(=O)C1.